The van der Waals surface area contributed by atoms with Crippen LogP contribution in [0.5, 0.6) is 0 Å². The first kappa shape index (κ1) is 15.5. The summed E-state index contributed by atoms with van der Waals surface area (Å²) in [4.78, 5) is 25.9. The predicted octanol–water partition coefficient (Wildman–Crippen LogP) is 1.24. The molecular weight excluding hydrogens is 292 g/mol. The van der Waals surface area contributed by atoms with Crippen LogP contribution in [0.2, 0.25) is 0 Å². The first-order valence-corrected chi connectivity index (χ1v) is 8.05. The summed E-state index contributed by atoms with van der Waals surface area (Å²) in [6, 6.07) is 10.3. The second-order valence-corrected chi connectivity index (χ2v) is 6.11. The molecule has 0 aromatic heterocycles. The first-order chi connectivity index (χ1) is 11.1. The van der Waals surface area contributed by atoms with Crippen LogP contribution in [0.1, 0.15) is 19.3 Å². The summed E-state index contributed by atoms with van der Waals surface area (Å²) in [5, 5.41) is 8.27. The molecule has 2 aliphatic rings. The van der Waals surface area contributed by atoms with Crippen LogP contribution >= 0.6 is 0 Å². The van der Waals surface area contributed by atoms with Crippen LogP contribution in [0.15, 0.2) is 35.4 Å². The minimum absolute atomic E-state index is 0.0455. The minimum atomic E-state index is -0.150. The lowest BCUT2D eigenvalue weighted by atomic mass is 10.1. The third kappa shape index (κ3) is 3.70. The zero-order valence-electron chi connectivity index (χ0n) is 13.4. The van der Waals surface area contributed by atoms with Gasteiger partial charge in [0.1, 0.15) is 5.71 Å². The Morgan fingerprint density at radius 3 is 2.83 bits per heavy atom. The van der Waals surface area contributed by atoms with Crippen molar-refractivity contribution in [1.82, 2.24) is 10.3 Å². The molecule has 0 spiro atoms. The molecule has 23 heavy (non-hydrogen) atoms. The molecule has 1 fully saturated rings. The molecule has 1 N–H and O–H groups in total. The number of rotatable bonds is 4. The highest BCUT2D eigenvalue weighted by Crippen LogP contribution is 2.23. The van der Waals surface area contributed by atoms with Crippen LogP contribution in [-0.2, 0) is 9.59 Å². The molecular formula is C17H22N4O2. The Labute approximate surface area is 136 Å². The van der Waals surface area contributed by atoms with Gasteiger partial charge in [-0.25, -0.2) is 5.01 Å². The predicted molar refractivity (Wildman–Crippen MR) is 89.2 cm³/mol. The number of carbonyl (C=O) groups excluding carboxylic acids is 2. The van der Waals surface area contributed by atoms with Crippen LogP contribution < -0.4 is 10.2 Å². The third-order valence-corrected chi connectivity index (χ3v) is 4.43. The zero-order valence-corrected chi connectivity index (χ0v) is 13.4. The number of hydrogen-bond donors (Lipinski definition) is 1. The van der Waals surface area contributed by atoms with Gasteiger partial charge in [-0.05, 0) is 24.5 Å². The molecule has 6 heteroatoms. The number of carbonyl (C=O) groups is 2. The summed E-state index contributed by atoms with van der Waals surface area (Å²) >= 11 is 0. The summed E-state index contributed by atoms with van der Waals surface area (Å²) in [6.45, 7) is 2.62. The Morgan fingerprint density at radius 2 is 2.09 bits per heavy atom. The molecule has 0 radical (unpaired) electrons. The molecule has 3 rings (SSSR count). The average molecular weight is 314 g/mol. The molecule has 1 saturated heterocycles. The highest BCUT2D eigenvalue weighted by Gasteiger charge is 2.25. The van der Waals surface area contributed by atoms with E-state index in [2.05, 4.69) is 27.5 Å². The SMILES string of the molecule is CN1N=C(C(=O)NC[C@@H]2CCN(c3ccccc3)C2)CCC1=O. The Hall–Kier alpha value is -2.37. The van der Waals surface area contributed by atoms with Gasteiger partial charge in [0.15, 0.2) is 0 Å². The summed E-state index contributed by atoms with van der Waals surface area (Å²) < 4.78 is 0. The van der Waals surface area contributed by atoms with E-state index in [1.165, 1.54) is 10.7 Å². The van der Waals surface area contributed by atoms with Crippen LogP contribution in [0.3, 0.4) is 0 Å². The number of anilines is 1. The third-order valence-electron chi connectivity index (χ3n) is 4.43. The number of hydrazone groups is 1. The van der Waals surface area contributed by atoms with E-state index in [4.69, 9.17) is 0 Å². The van der Waals surface area contributed by atoms with Gasteiger partial charge in [-0.2, -0.15) is 5.10 Å². The fourth-order valence-electron chi connectivity index (χ4n) is 3.04. The molecule has 1 atom stereocenters. The maximum Gasteiger partial charge on any atom is 0.267 e. The van der Waals surface area contributed by atoms with E-state index in [1.54, 1.807) is 7.05 Å². The number of nitrogens with zero attached hydrogens (tertiary/aromatic N) is 3. The van der Waals surface area contributed by atoms with E-state index in [1.807, 2.05) is 18.2 Å². The standard InChI is InChI=1S/C17H22N4O2/c1-20-16(22)8-7-15(19-20)17(23)18-11-13-9-10-21(12-13)14-5-3-2-4-6-14/h2-6,13H,7-12H2,1H3,(H,18,23)/t13-/m0/s1. The van der Waals surface area contributed by atoms with E-state index < -0.39 is 0 Å². The fraction of sp³-hybridized carbons (Fsp3) is 0.471. The smallest absolute Gasteiger partial charge is 0.267 e. The summed E-state index contributed by atoms with van der Waals surface area (Å²) in [5.41, 5.74) is 1.68. The van der Waals surface area contributed by atoms with Gasteiger partial charge in [0, 0.05) is 45.2 Å². The molecule has 0 bridgehead atoms. The second kappa shape index (κ2) is 6.81. The van der Waals surface area contributed by atoms with Crippen LogP contribution in [0.25, 0.3) is 0 Å². The molecule has 0 unspecified atom stereocenters. The maximum atomic E-state index is 12.2. The molecule has 1 aromatic carbocycles. The van der Waals surface area contributed by atoms with Crippen molar-refractivity contribution in [2.24, 2.45) is 11.0 Å². The number of nitrogens with one attached hydrogen (secondary N) is 1. The normalized spacial score (nSPS) is 21.3. The lowest BCUT2D eigenvalue weighted by Gasteiger charge is -2.20. The quantitative estimate of drug-likeness (QED) is 0.909. The van der Waals surface area contributed by atoms with Gasteiger partial charge in [0.05, 0.1) is 0 Å². The fourth-order valence-corrected chi connectivity index (χ4v) is 3.04. The monoisotopic (exact) mass is 314 g/mol. The molecule has 2 aliphatic heterocycles. The first-order valence-electron chi connectivity index (χ1n) is 8.05. The van der Waals surface area contributed by atoms with Crippen molar-refractivity contribution in [3.63, 3.8) is 0 Å². The van der Waals surface area contributed by atoms with Crippen LogP contribution in [0, 0.1) is 5.92 Å². The molecule has 122 valence electrons. The van der Waals surface area contributed by atoms with Gasteiger partial charge >= 0.3 is 0 Å². The van der Waals surface area contributed by atoms with Gasteiger partial charge in [0.25, 0.3) is 5.91 Å². The molecule has 2 amide bonds. The number of hydrogen-bond acceptors (Lipinski definition) is 4. The Morgan fingerprint density at radius 1 is 1.30 bits per heavy atom. The second-order valence-electron chi connectivity index (χ2n) is 6.11. The highest BCUT2D eigenvalue weighted by molar-refractivity contribution is 6.39. The minimum Gasteiger partial charge on any atom is -0.371 e. The summed E-state index contributed by atoms with van der Waals surface area (Å²) in [6.07, 6.45) is 1.85. The largest absolute Gasteiger partial charge is 0.371 e. The van der Waals surface area contributed by atoms with E-state index in [0.717, 1.165) is 19.5 Å². The van der Waals surface area contributed by atoms with Crippen molar-refractivity contribution >= 4 is 23.2 Å². The molecule has 6 nitrogen and oxygen atoms in total. The molecule has 1 aromatic rings. The Balaban J connectivity index is 1.49. The summed E-state index contributed by atoms with van der Waals surface area (Å²) in [5.74, 6) is 0.251. The zero-order chi connectivity index (χ0) is 16.2. The molecule has 0 aliphatic carbocycles. The van der Waals surface area contributed by atoms with Gasteiger partial charge in [0.2, 0.25) is 5.91 Å². The highest BCUT2D eigenvalue weighted by atomic mass is 16.2. The topological polar surface area (TPSA) is 65.0 Å². The number of benzene rings is 1. The van der Waals surface area contributed by atoms with Crippen molar-refractivity contribution in [3.8, 4) is 0 Å². The molecule has 0 saturated carbocycles. The van der Waals surface area contributed by atoms with Crippen molar-refractivity contribution in [1.29, 1.82) is 0 Å². The lowest BCUT2D eigenvalue weighted by molar-refractivity contribution is -0.130. The van der Waals surface area contributed by atoms with E-state index in [9.17, 15) is 9.59 Å². The average Bonchev–Trinajstić information content (AvgIpc) is 3.05. The van der Waals surface area contributed by atoms with Crippen LogP contribution in [-0.4, -0.2) is 49.2 Å². The summed E-state index contributed by atoms with van der Waals surface area (Å²) in [7, 11) is 1.59. The van der Waals surface area contributed by atoms with Gasteiger partial charge in [-0.15, -0.1) is 0 Å². The van der Waals surface area contributed by atoms with Gasteiger partial charge < -0.3 is 10.2 Å². The van der Waals surface area contributed by atoms with E-state index in [0.29, 0.717) is 31.0 Å². The van der Waals surface area contributed by atoms with Crippen LogP contribution in [0.4, 0.5) is 5.69 Å². The van der Waals surface area contributed by atoms with Crippen molar-refractivity contribution in [2.75, 3.05) is 31.6 Å². The molecule has 2 heterocycles. The lowest BCUT2D eigenvalue weighted by Crippen LogP contribution is -2.39. The Kier molecular flexibility index (Phi) is 4.60. The number of amides is 2. The van der Waals surface area contributed by atoms with Crippen molar-refractivity contribution < 1.29 is 9.59 Å². The van der Waals surface area contributed by atoms with Gasteiger partial charge in [-0.3, -0.25) is 9.59 Å². The Bertz CT molecular complexity index is 614. The van der Waals surface area contributed by atoms with Gasteiger partial charge in [-0.1, -0.05) is 18.2 Å². The number of para-hydroxylation sites is 1. The maximum absolute atomic E-state index is 12.2. The van der Waals surface area contributed by atoms with E-state index in [-0.39, 0.29) is 11.8 Å². The van der Waals surface area contributed by atoms with Crippen molar-refractivity contribution in [3.05, 3.63) is 30.3 Å². The van der Waals surface area contributed by atoms with E-state index >= 15 is 0 Å². The van der Waals surface area contributed by atoms with Crippen molar-refractivity contribution in [2.45, 2.75) is 19.3 Å².